The summed E-state index contributed by atoms with van der Waals surface area (Å²) in [7, 11) is 1.79. The van der Waals surface area contributed by atoms with Crippen LogP contribution in [0.2, 0.25) is 0 Å². The van der Waals surface area contributed by atoms with Crippen LogP contribution in [0.1, 0.15) is 50.5 Å². The van der Waals surface area contributed by atoms with Crippen LogP contribution in [0.25, 0.3) is 16.9 Å². The highest BCUT2D eigenvalue weighted by atomic mass is 16.2. The SMILES string of the molecule is Cc1c(C(=O)N(C)Cc2cn(-c3ccccc3)nc2-c2ccccc2)[nH]c2c1C(=O)CCC2. The van der Waals surface area contributed by atoms with E-state index in [1.807, 2.05) is 78.5 Å². The molecule has 0 saturated carbocycles. The van der Waals surface area contributed by atoms with Crippen LogP contribution >= 0.6 is 0 Å². The number of hydrogen-bond acceptors (Lipinski definition) is 3. The van der Waals surface area contributed by atoms with Gasteiger partial charge in [-0.3, -0.25) is 9.59 Å². The molecule has 1 aliphatic rings. The Balaban J connectivity index is 1.48. The molecule has 0 radical (unpaired) electrons. The van der Waals surface area contributed by atoms with Crippen molar-refractivity contribution in [2.24, 2.45) is 0 Å². The number of para-hydroxylation sites is 1. The highest BCUT2D eigenvalue weighted by Crippen LogP contribution is 2.28. The molecule has 2 aromatic carbocycles. The van der Waals surface area contributed by atoms with Gasteiger partial charge in [0, 0.05) is 48.6 Å². The zero-order chi connectivity index (χ0) is 22.9. The standard InChI is InChI=1S/C27H26N4O2/c1-18-24-22(14-9-15-23(24)32)28-25(18)27(33)30(2)16-20-17-31(21-12-7-4-8-13-21)29-26(20)19-10-5-3-6-11-19/h3-8,10-13,17,28H,9,14-16H2,1-2H3. The first-order chi connectivity index (χ1) is 16.0. The second kappa shape index (κ2) is 8.54. The Bertz CT molecular complexity index is 1320. The number of carbonyl (C=O) groups is 2. The number of H-pyrrole nitrogens is 1. The lowest BCUT2D eigenvalue weighted by molar-refractivity contribution is 0.0779. The minimum Gasteiger partial charge on any atom is -0.354 e. The summed E-state index contributed by atoms with van der Waals surface area (Å²) in [4.78, 5) is 30.7. The number of benzene rings is 2. The van der Waals surface area contributed by atoms with Crippen LogP contribution in [0.5, 0.6) is 0 Å². The van der Waals surface area contributed by atoms with E-state index in [1.165, 1.54) is 0 Å². The lowest BCUT2D eigenvalue weighted by Gasteiger charge is -2.17. The number of hydrogen-bond donors (Lipinski definition) is 1. The van der Waals surface area contributed by atoms with Crippen molar-refractivity contribution in [3.8, 4) is 16.9 Å². The fourth-order valence-electron chi connectivity index (χ4n) is 4.58. The fourth-order valence-corrected chi connectivity index (χ4v) is 4.58. The highest BCUT2D eigenvalue weighted by Gasteiger charge is 2.28. The Labute approximate surface area is 192 Å². The van der Waals surface area contributed by atoms with Crippen LogP contribution < -0.4 is 0 Å². The van der Waals surface area contributed by atoms with Gasteiger partial charge < -0.3 is 9.88 Å². The molecule has 5 rings (SSSR count). The summed E-state index contributed by atoms with van der Waals surface area (Å²) in [5.41, 5.74) is 6.62. The molecule has 4 aromatic rings. The van der Waals surface area contributed by atoms with Gasteiger partial charge in [0.05, 0.1) is 11.4 Å². The molecule has 0 spiro atoms. The van der Waals surface area contributed by atoms with Gasteiger partial charge in [0.25, 0.3) is 5.91 Å². The van der Waals surface area contributed by atoms with Crippen LogP contribution in [0.3, 0.4) is 0 Å². The van der Waals surface area contributed by atoms with Crippen molar-refractivity contribution < 1.29 is 9.59 Å². The van der Waals surface area contributed by atoms with Crippen LogP contribution in [-0.4, -0.2) is 38.4 Å². The second-order valence-corrected chi connectivity index (χ2v) is 8.57. The number of aromatic amines is 1. The van der Waals surface area contributed by atoms with Gasteiger partial charge >= 0.3 is 0 Å². The molecule has 2 heterocycles. The number of nitrogens with zero attached hydrogens (tertiary/aromatic N) is 3. The lowest BCUT2D eigenvalue weighted by Crippen LogP contribution is -2.27. The Morgan fingerprint density at radius 1 is 1.06 bits per heavy atom. The summed E-state index contributed by atoms with van der Waals surface area (Å²) < 4.78 is 1.85. The molecule has 33 heavy (non-hydrogen) atoms. The van der Waals surface area contributed by atoms with Crippen LogP contribution in [0.4, 0.5) is 0 Å². The van der Waals surface area contributed by atoms with E-state index in [4.69, 9.17) is 5.10 Å². The topological polar surface area (TPSA) is 71.0 Å². The van der Waals surface area contributed by atoms with Crippen molar-refractivity contribution in [1.29, 1.82) is 0 Å². The van der Waals surface area contributed by atoms with Crippen molar-refractivity contribution in [2.75, 3.05) is 7.05 Å². The van der Waals surface area contributed by atoms with Gasteiger partial charge in [0.1, 0.15) is 5.69 Å². The summed E-state index contributed by atoms with van der Waals surface area (Å²) in [5.74, 6) is 0.00313. The molecule has 0 bridgehead atoms. The van der Waals surface area contributed by atoms with Gasteiger partial charge in [0.15, 0.2) is 5.78 Å². The quantitative estimate of drug-likeness (QED) is 0.478. The number of amides is 1. The minimum absolute atomic E-state index is 0.124. The minimum atomic E-state index is -0.124. The second-order valence-electron chi connectivity index (χ2n) is 8.57. The summed E-state index contributed by atoms with van der Waals surface area (Å²) >= 11 is 0. The van der Waals surface area contributed by atoms with Crippen molar-refractivity contribution in [2.45, 2.75) is 32.7 Å². The molecule has 1 amide bonds. The van der Waals surface area contributed by atoms with Gasteiger partial charge in [-0.1, -0.05) is 48.5 Å². The number of ketones is 1. The smallest absolute Gasteiger partial charge is 0.270 e. The van der Waals surface area contributed by atoms with E-state index in [0.29, 0.717) is 24.2 Å². The molecule has 6 nitrogen and oxygen atoms in total. The molecule has 0 unspecified atom stereocenters. The Hall–Kier alpha value is -3.93. The average Bonchev–Trinajstić information content (AvgIpc) is 3.41. The van der Waals surface area contributed by atoms with Gasteiger partial charge in [-0.25, -0.2) is 4.68 Å². The molecule has 1 N–H and O–H groups in total. The van der Waals surface area contributed by atoms with Crippen molar-refractivity contribution >= 4 is 11.7 Å². The van der Waals surface area contributed by atoms with E-state index in [9.17, 15) is 9.59 Å². The summed E-state index contributed by atoms with van der Waals surface area (Å²) in [5, 5.41) is 4.84. The number of aryl methyl sites for hydroxylation is 1. The number of rotatable bonds is 5. The summed E-state index contributed by atoms with van der Waals surface area (Å²) in [6.45, 7) is 2.26. The lowest BCUT2D eigenvalue weighted by atomic mass is 9.94. The maximum Gasteiger partial charge on any atom is 0.270 e. The molecule has 0 aliphatic heterocycles. The monoisotopic (exact) mass is 438 g/mol. The maximum atomic E-state index is 13.4. The Morgan fingerprint density at radius 2 is 1.76 bits per heavy atom. The molecule has 0 fully saturated rings. The van der Waals surface area contributed by atoms with Gasteiger partial charge in [-0.2, -0.15) is 5.10 Å². The third-order valence-electron chi connectivity index (χ3n) is 6.26. The average molecular weight is 439 g/mol. The first-order valence-electron chi connectivity index (χ1n) is 11.2. The molecule has 2 aromatic heterocycles. The molecule has 1 aliphatic carbocycles. The number of carbonyl (C=O) groups excluding carboxylic acids is 2. The van der Waals surface area contributed by atoms with Crippen LogP contribution in [0, 0.1) is 6.92 Å². The zero-order valence-corrected chi connectivity index (χ0v) is 18.8. The van der Waals surface area contributed by atoms with Crippen LogP contribution in [-0.2, 0) is 13.0 Å². The number of nitrogens with one attached hydrogen (secondary N) is 1. The Morgan fingerprint density at radius 3 is 2.45 bits per heavy atom. The van der Waals surface area contributed by atoms with Gasteiger partial charge in [0.2, 0.25) is 0 Å². The van der Waals surface area contributed by atoms with E-state index < -0.39 is 0 Å². The molecular formula is C27H26N4O2. The molecule has 0 saturated heterocycles. The van der Waals surface area contributed by atoms with Gasteiger partial charge in [-0.05, 0) is 37.5 Å². The van der Waals surface area contributed by atoms with E-state index in [-0.39, 0.29) is 11.7 Å². The maximum absolute atomic E-state index is 13.4. The Kier molecular flexibility index (Phi) is 5.42. The van der Waals surface area contributed by atoms with E-state index in [0.717, 1.165) is 46.6 Å². The molecular weight excluding hydrogens is 412 g/mol. The molecule has 6 heteroatoms. The highest BCUT2D eigenvalue weighted by molar-refractivity contribution is 6.04. The van der Waals surface area contributed by atoms with E-state index in [2.05, 4.69) is 4.98 Å². The summed E-state index contributed by atoms with van der Waals surface area (Å²) in [6, 6.07) is 19.9. The third-order valence-corrected chi connectivity index (χ3v) is 6.26. The fraction of sp³-hybridized carbons (Fsp3) is 0.222. The molecule has 0 atom stereocenters. The van der Waals surface area contributed by atoms with Crippen molar-refractivity contribution in [3.05, 3.63) is 94.9 Å². The largest absolute Gasteiger partial charge is 0.354 e. The summed E-state index contributed by atoms with van der Waals surface area (Å²) in [6.07, 6.45) is 4.17. The van der Waals surface area contributed by atoms with Crippen molar-refractivity contribution in [3.63, 3.8) is 0 Å². The first-order valence-corrected chi connectivity index (χ1v) is 11.2. The predicted molar refractivity (Wildman–Crippen MR) is 128 cm³/mol. The number of fused-ring (bicyclic) bond motifs is 1. The zero-order valence-electron chi connectivity index (χ0n) is 18.8. The van der Waals surface area contributed by atoms with Crippen LogP contribution in [0.15, 0.2) is 66.9 Å². The number of aromatic nitrogens is 3. The normalized spacial score (nSPS) is 13.1. The predicted octanol–water partition coefficient (Wildman–Crippen LogP) is 4.97. The number of Topliss-reactive ketones (excluding diaryl/α,β-unsaturated/α-hetero) is 1. The first kappa shape index (κ1) is 20.9. The van der Waals surface area contributed by atoms with Gasteiger partial charge in [-0.15, -0.1) is 0 Å². The van der Waals surface area contributed by atoms with E-state index in [1.54, 1.807) is 11.9 Å². The third kappa shape index (κ3) is 3.89. The molecule has 166 valence electrons. The van der Waals surface area contributed by atoms with E-state index >= 15 is 0 Å². The van der Waals surface area contributed by atoms with Crippen molar-refractivity contribution in [1.82, 2.24) is 19.7 Å².